The van der Waals surface area contributed by atoms with Crippen LogP contribution in [0.2, 0.25) is 0 Å². The third kappa shape index (κ3) is 9.29. The van der Waals surface area contributed by atoms with E-state index in [1.165, 1.54) is 0 Å². The zero-order chi connectivity index (χ0) is 0. The zero-order valence-corrected chi connectivity index (χ0v) is 5.15. The normalized spacial score (nSPS) is 0. The maximum atomic E-state index is 0. The molecule has 4 heavy (non-hydrogen) atoms. The van der Waals surface area contributed by atoms with Gasteiger partial charge in [0.15, 0.2) is 0 Å². The Hall–Kier alpha value is 1.73. The molecule has 0 bridgehead atoms. The van der Waals surface area contributed by atoms with Crippen LogP contribution in [-0.4, -0.2) is 16.8 Å². The first kappa shape index (κ1) is 42.9. The molecule has 8 valence electrons. The Morgan fingerprint density at radius 3 is 0.750 bits per heavy atom. The van der Waals surface area contributed by atoms with Crippen molar-refractivity contribution >= 4 is 16.8 Å². The molecule has 0 N–H and O–H groups in total. The van der Waals surface area contributed by atoms with Crippen LogP contribution in [0.3, 0.4) is 0 Å². The topological polar surface area (TPSA) is 0 Å². The first-order chi connectivity index (χ1) is 0. The Bertz CT molecular complexity index is 6.00. The molecule has 0 spiro atoms. The van der Waals surface area contributed by atoms with Crippen molar-refractivity contribution < 1.29 is 48.4 Å². The molecule has 0 rings (SSSR count). The van der Waals surface area contributed by atoms with Crippen molar-refractivity contribution in [1.82, 2.24) is 0 Å². The molecule has 4 heteroatoms. The van der Waals surface area contributed by atoms with Crippen molar-refractivity contribution in [2.75, 3.05) is 0 Å². The molecule has 0 aromatic rings. The first-order valence-electron chi connectivity index (χ1n) is 0. The average molecular weight is 51.6 g/mol. The molecular formula is B2LiNa. The standard InChI is InChI=1S/2B.Li.Na/q2*-1;2*+1. The van der Waals surface area contributed by atoms with Crippen molar-refractivity contribution in [3.63, 3.8) is 0 Å². The number of rotatable bonds is 0. The minimum atomic E-state index is 0. The minimum absolute atomic E-state index is 0. The average Bonchev–Trinajstić information content (AvgIpc) is 0. The van der Waals surface area contributed by atoms with Gasteiger partial charge in [-0.2, -0.15) is 0 Å². The molecule has 0 aromatic carbocycles. The fourth-order valence-electron chi connectivity index (χ4n) is 0. The van der Waals surface area contributed by atoms with E-state index < -0.39 is 0 Å². The summed E-state index contributed by atoms with van der Waals surface area (Å²) < 4.78 is 0. The van der Waals surface area contributed by atoms with E-state index in [9.17, 15) is 0 Å². The first-order valence-corrected chi connectivity index (χ1v) is 0. The van der Waals surface area contributed by atoms with E-state index in [1.807, 2.05) is 0 Å². The summed E-state index contributed by atoms with van der Waals surface area (Å²) in [7, 11) is 0. The van der Waals surface area contributed by atoms with Crippen LogP contribution in [-0.2, 0) is 0 Å². The SMILES string of the molecule is [B-].[B-].[Li+].[Na+]. The van der Waals surface area contributed by atoms with Crippen molar-refractivity contribution in [2.24, 2.45) is 0 Å². The van der Waals surface area contributed by atoms with Gasteiger partial charge in [0, 0.05) is 0 Å². The summed E-state index contributed by atoms with van der Waals surface area (Å²) in [5, 5.41) is 0. The predicted molar refractivity (Wildman–Crippen MR) is 11.5 cm³/mol. The molecule has 0 amide bonds. The van der Waals surface area contributed by atoms with Gasteiger partial charge in [-0.1, -0.05) is 0 Å². The van der Waals surface area contributed by atoms with Gasteiger partial charge in [0.1, 0.15) is 0 Å². The van der Waals surface area contributed by atoms with Crippen LogP contribution >= 0.6 is 0 Å². The molecular weight excluding hydrogens is 51.6 g/mol. The molecule has 0 saturated heterocycles. The summed E-state index contributed by atoms with van der Waals surface area (Å²) in [5.74, 6) is 0. The maximum absolute atomic E-state index is 0. The fourth-order valence-corrected chi connectivity index (χ4v) is 0. The van der Waals surface area contributed by atoms with Crippen LogP contribution in [0.1, 0.15) is 0 Å². The molecule has 0 saturated carbocycles. The summed E-state index contributed by atoms with van der Waals surface area (Å²) in [6.45, 7) is 0. The van der Waals surface area contributed by atoms with Crippen LogP contribution in [0, 0.1) is 0 Å². The van der Waals surface area contributed by atoms with Gasteiger partial charge in [0.2, 0.25) is 0 Å². The Morgan fingerprint density at radius 2 is 0.750 bits per heavy atom. The summed E-state index contributed by atoms with van der Waals surface area (Å²) in [6, 6.07) is 0. The number of hydrogen-bond acceptors (Lipinski definition) is 0. The summed E-state index contributed by atoms with van der Waals surface area (Å²) in [4.78, 5) is 0. The smallest absolute Gasteiger partial charge is 1.00 e. The second-order valence-corrected chi connectivity index (χ2v) is 0. The second kappa shape index (κ2) is 22.0. The van der Waals surface area contributed by atoms with E-state index in [0.717, 1.165) is 0 Å². The number of hydrogen-bond donors (Lipinski definition) is 0. The largest absolute Gasteiger partial charge is 1.00 e. The zero-order valence-electron chi connectivity index (χ0n) is 3.15. The molecule has 0 aliphatic carbocycles. The molecule has 0 nitrogen and oxygen atoms in total. The van der Waals surface area contributed by atoms with Gasteiger partial charge >= 0.3 is 48.4 Å². The van der Waals surface area contributed by atoms with Crippen LogP contribution in [0.15, 0.2) is 0 Å². The quantitative estimate of drug-likeness (QED) is 0.240. The molecule has 0 aromatic heterocycles. The third-order valence-electron chi connectivity index (χ3n) is 0. The van der Waals surface area contributed by atoms with Crippen LogP contribution < -0.4 is 48.4 Å². The van der Waals surface area contributed by atoms with E-state index in [2.05, 4.69) is 0 Å². The molecule has 0 unspecified atom stereocenters. The van der Waals surface area contributed by atoms with Crippen molar-refractivity contribution in [3.05, 3.63) is 0 Å². The van der Waals surface area contributed by atoms with E-state index in [0.29, 0.717) is 0 Å². The molecule has 8 radical (unpaired) electrons. The van der Waals surface area contributed by atoms with E-state index >= 15 is 0 Å². The monoisotopic (exact) mass is 52.0 g/mol. The summed E-state index contributed by atoms with van der Waals surface area (Å²) in [6.07, 6.45) is 0. The second-order valence-electron chi connectivity index (χ2n) is 0. The van der Waals surface area contributed by atoms with Gasteiger partial charge in [-0.05, 0) is 0 Å². The van der Waals surface area contributed by atoms with E-state index in [4.69, 9.17) is 0 Å². The van der Waals surface area contributed by atoms with Gasteiger partial charge in [0.05, 0.1) is 0 Å². The third-order valence-corrected chi connectivity index (χ3v) is 0. The van der Waals surface area contributed by atoms with Crippen molar-refractivity contribution in [2.45, 2.75) is 0 Å². The Kier molecular flexibility index (Phi) is 236. The van der Waals surface area contributed by atoms with Gasteiger partial charge in [-0.25, -0.2) is 0 Å². The molecule has 0 fully saturated rings. The van der Waals surface area contributed by atoms with Crippen molar-refractivity contribution in [3.8, 4) is 0 Å². The molecule has 0 atom stereocenters. The summed E-state index contributed by atoms with van der Waals surface area (Å²) >= 11 is 0. The Morgan fingerprint density at radius 1 is 0.750 bits per heavy atom. The fraction of sp³-hybridized carbons (Fsp3) is 0. The van der Waals surface area contributed by atoms with Crippen molar-refractivity contribution in [1.29, 1.82) is 0 Å². The summed E-state index contributed by atoms with van der Waals surface area (Å²) in [5.41, 5.74) is 0. The Labute approximate surface area is 64.7 Å². The van der Waals surface area contributed by atoms with Gasteiger partial charge in [-0.3, -0.25) is 0 Å². The van der Waals surface area contributed by atoms with E-state index in [-0.39, 0.29) is 65.2 Å². The van der Waals surface area contributed by atoms with Gasteiger partial charge in [-0.15, -0.1) is 0 Å². The Balaban J connectivity index is 0. The van der Waals surface area contributed by atoms with Crippen LogP contribution in [0.4, 0.5) is 0 Å². The van der Waals surface area contributed by atoms with Gasteiger partial charge in [0.25, 0.3) is 0 Å². The maximum Gasteiger partial charge on any atom is 1.00 e. The van der Waals surface area contributed by atoms with Crippen LogP contribution in [0.25, 0.3) is 0 Å². The van der Waals surface area contributed by atoms with E-state index in [1.54, 1.807) is 0 Å². The van der Waals surface area contributed by atoms with Gasteiger partial charge < -0.3 is 16.8 Å². The molecule has 0 heterocycles. The predicted octanol–water partition coefficient (Wildman–Crippen LogP) is -6.75. The van der Waals surface area contributed by atoms with Crippen LogP contribution in [0.5, 0.6) is 0 Å². The molecule has 0 aliphatic heterocycles. The molecule has 0 aliphatic rings. The minimum Gasteiger partial charge on any atom is -1.00 e.